The monoisotopic (exact) mass is 359 g/mol. The molecule has 2 heterocycles. The van der Waals surface area contributed by atoms with Crippen LogP contribution in [0.3, 0.4) is 0 Å². The summed E-state index contributed by atoms with van der Waals surface area (Å²) < 4.78 is 6.85. The van der Waals surface area contributed by atoms with E-state index in [1.807, 2.05) is 47.2 Å². The summed E-state index contributed by atoms with van der Waals surface area (Å²) in [6.07, 6.45) is 0. The molecule has 0 saturated carbocycles. The number of methoxy groups -OCH3 is 1. The number of thioether (sulfide) groups is 1. The molecule has 2 aromatic heterocycles. The van der Waals surface area contributed by atoms with Crippen molar-refractivity contribution in [1.82, 2.24) is 14.8 Å². The zero-order valence-corrected chi connectivity index (χ0v) is 15.0. The van der Waals surface area contributed by atoms with Crippen molar-refractivity contribution in [3.63, 3.8) is 0 Å². The van der Waals surface area contributed by atoms with Gasteiger partial charge >= 0.3 is 5.97 Å². The number of hydrogen-bond acceptors (Lipinski definition) is 6. The Bertz CT molecular complexity index is 801. The predicted molar refractivity (Wildman–Crippen MR) is 96.2 cm³/mol. The number of carbonyl (C=O) groups is 1. The van der Waals surface area contributed by atoms with Gasteiger partial charge in [0.05, 0.1) is 18.5 Å². The van der Waals surface area contributed by atoms with Crippen LogP contribution in [0.2, 0.25) is 0 Å². The van der Waals surface area contributed by atoms with Gasteiger partial charge in [0.1, 0.15) is 5.25 Å². The van der Waals surface area contributed by atoms with Gasteiger partial charge in [0.25, 0.3) is 0 Å². The first-order chi connectivity index (χ1) is 11.7. The quantitative estimate of drug-likeness (QED) is 0.496. The Morgan fingerprint density at radius 3 is 2.71 bits per heavy atom. The van der Waals surface area contributed by atoms with Gasteiger partial charge in [0.2, 0.25) is 0 Å². The first-order valence-electron chi connectivity index (χ1n) is 7.44. The molecule has 0 spiro atoms. The number of carbonyl (C=O) groups excluding carboxylic acids is 1. The lowest BCUT2D eigenvalue weighted by Gasteiger charge is -2.12. The zero-order chi connectivity index (χ0) is 16.9. The molecule has 0 aliphatic carbocycles. The van der Waals surface area contributed by atoms with Crippen LogP contribution in [-0.2, 0) is 16.1 Å². The molecule has 24 heavy (non-hydrogen) atoms. The highest BCUT2D eigenvalue weighted by Crippen LogP contribution is 2.30. The van der Waals surface area contributed by atoms with Gasteiger partial charge in [0, 0.05) is 0 Å². The summed E-state index contributed by atoms with van der Waals surface area (Å²) in [7, 11) is 1.39. The normalized spacial score (nSPS) is 12.1. The van der Waals surface area contributed by atoms with E-state index in [1.54, 1.807) is 11.3 Å². The minimum absolute atomic E-state index is 0.271. The van der Waals surface area contributed by atoms with Crippen molar-refractivity contribution >= 4 is 29.1 Å². The van der Waals surface area contributed by atoms with E-state index in [0.717, 1.165) is 16.3 Å². The predicted octanol–water partition coefficient (Wildman–Crippen LogP) is 3.71. The molecular formula is C17H17N3O2S2. The molecule has 5 nitrogen and oxygen atoms in total. The van der Waals surface area contributed by atoms with Crippen LogP contribution in [0.4, 0.5) is 0 Å². The van der Waals surface area contributed by atoms with Gasteiger partial charge < -0.3 is 4.74 Å². The van der Waals surface area contributed by atoms with Crippen LogP contribution in [0.1, 0.15) is 12.5 Å². The topological polar surface area (TPSA) is 57.0 Å². The van der Waals surface area contributed by atoms with E-state index in [4.69, 9.17) is 4.74 Å². The van der Waals surface area contributed by atoms with E-state index in [-0.39, 0.29) is 11.2 Å². The Morgan fingerprint density at radius 2 is 2.04 bits per heavy atom. The van der Waals surface area contributed by atoms with Gasteiger partial charge in [-0.15, -0.1) is 21.5 Å². The number of ether oxygens (including phenoxy) is 1. The Balaban J connectivity index is 1.95. The Kier molecular flexibility index (Phi) is 5.32. The smallest absolute Gasteiger partial charge is 0.318 e. The molecule has 1 atom stereocenters. The number of nitrogens with zero attached hydrogens (tertiary/aromatic N) is 3. The lowest BCUT2D eigenvalue weighted by Crippen LogP contribution is -2.16. The van der Waals surface area contributed by atoms with E-state index in [1.165, 1.54) is 18.9 Å². The van der Waals surface area contributed by atoms with Gasteiger partial charge in [-0.1, -0.05) is 48.2 Å². The van der Waals surface area contributed by atoms with Gasteiger partial charge in [-0.05, 0) is 23.9 Å². The number of aromatic nitrogens is 3. The summed E-state index contributed by atoms with van der Waals surface area (Å²) in [6.45, 7) is 2.46. The second-order valence-electron chi connectivity index (χ2n) is 5.14. The fourth-order valence-electron chi connectivity index (χ4n) is 2.24. The minimum atomic E-state index is -0.343. The summed E-state index contributed by atoms with van der Waals surface area (Å²) in [5.74, 6) is 0.542. The van der Waals surface area contributed by atoms with E-state index >= 15 is 0 Å². The first kappa shape index (κ1) is 16.7. The fraction of sp³-hybridized carbons (Fsp3) is 0.235. The molecule has 0 fully saturated rings. The molecule has 124 valence electrons. The molecule has 0 radical (unpaired) electrons. The number of rotatable bonds is 6. The maximum absolute atomic E-state index is 11.7. The van der Waals surface area contributed by atoms with Gasteiger partial charge in [-0.3, -0.25) is 9.36 Å². The molecule has 0 unspecified atom stereocenters. The molecular weight excluding hydrogens is 342 g/mol. The molecule has 0 amide bonds. The second-order valence-corrected chi connectivity index (χ2v) is 7.39. The molecule has 1 aromatic carbocycles. The fourth-order valence-corrected chi connectivity index (χ4v) is 3.84. The van der Waals surface area contributed by atoms with Crippen molar-refractivity contribution in [2.24, 2.45) is 0 Å². The summed E-state index contributed by atoms with van der Waals surface area (Å²) >= 11 is 2.98. The van der Waals surface area contributed by atoms with Crippen molar-refractivity contribution in [2.75, 3.05) is 7.11 Å². The third-order valence-electron chi connectivity index (χ3n) is 3.46. The van der Waals surface area contributed by atoms with Crippen molar-refractivity contribution in [3.8, 4) is 10.7 Å². The van der Waals surface area contributed by atoms with Crippen LogP contribution in [0.5, 0.6) is 0 Å². The van der Waals surface area contributed by atoms with Gasteiger partial charge in [-0.25, -0.2) is 0 Å². The minimum Gasteiger partial charge on any atom is -0.468 e. The maximum Gasteiger partial charge on any atom is 0.318 e. The van der Waals surface area contributed by atoms with Gasteiger partial charge in [-0.2, -0.15) is 0 Å². The molecule has 0 bridgehead atoms. The van der Waals surface area contributed by atoms with Crippen molar-refractivity contribution < 1.29 is 9.53 Å². The number of esters is 1. The largest absolute Gasteiger partial charge is 0.468 e. The summed E-state index contributed by atoms with van der Waals surface area (Å²) in [5, 5.41) is 11.0. The number of hydrogen-bond donors (Lipinski definition) is 0. The average molecular weight is 359 g/mol. The van der Waals surface area contributed by atoms with Crippen LogP contribution >= 0.6 is 23.1 Å². The number of thiophene rings is 1. The molecule has 0 saturated heterocycles. The summed E-state index contributed by atoms with van der Waals surface area (Å²) in [6, 6.07) is 14.2. The average Bonchev–Trinajstić information content (AvgIpc) is 3.25. The SMILES string of the molecule is COC(=O)[C@@H](C)Sc1nnc(-c2cccs2)n1Cc1ccccc1. The van der Waals surface area contributed by atoms with Crippen molar-refractivity contribution in [1.29, 1.82) is 0 Å². The van der Waals surface area contributed by atoms with E-state index in [2.05, 4.69) is 22.3 Å². The maximum atomic E-state index is 11.7. The van der Waals surface area contributed by atoms with Crippen molar-refractivity contribution in [2.45, 2.75) is 23.9 Å². The molecule has 3 rings (SSSR count). The molecule has 7 heteroatoms. The Morgan fingerprint density at radius 1 is 1.25 bits per heavy atom. The molecule has 3 aromatic rings. The highest BCUT2D eigenvalue weighted by molar-refractivity contribution is 8.00. The van der Waals surface area contributed by atoms with Crippen LogP contribution in [0.15, 0.2) is 53.0 Å². The lowest BCUT2D eigenvalue weighted by atomic mass is 10.2. The lowest BCUT2D eigenvalue weighted by molar-refractivity contribution is -0.139. The number of benzene rings is 1. The summed E-state index contributed by atoms with van der Waals surface area (Å²) in [4.78, 5) is 12.8. The Hall–Kier alpha value is -2.12. The van der Waals surface area contributed by atoms with Gasteiger partial charge in [0.15, 0.2) is 11.0 Å². The zero-order valence-electron chi connectivity index (χ0n) is 13.4. The Labute approximate surface area is 148 Å². The van der Waals surface area contributed by atoms with Crippen LogP contribution in [-0.4, -0.2) is 33.1 Å². The molecule has 0 N–H and O–H groups in total. The highest BCUT2D eigenvalue weighted by Gasteiger charge is 2.21. The standard InChI is InChI=1S/C17H17N3O2S2/c1-12(16(21)22-2)24-17-19-18-15(14-9-6-10-23-14)20(17)11-13-7-4-3-5-8-13/h3-10,12H,11H2,1-2H3/t12-/m1/s1. The van der Waals surface area contributed by atoms with E-state index in [0.29, 0.717) is 11.7 Å². The third kappa shape index (κ3) is 3.68. The van der Waals surface area contributed by atoms with E-state index < -0.39 is 0 Å². The third-order valence-corrected chi connectivity index (χ3v) is 5.38. The van der Waals surface area contributed by atoms with Crippen LogP contribution in [0, 0.1) is 0 Å². The molecule has 0 aliphatic rings. The van der Waals surface area contributed by atoms with Crippen LogP contribution < -0.4 is 0 Å². The summed E-state index contributed by atoms with van der Waals surface area (Å²) in [5.41, 5.74) is 1.16. The molecule has 0 aliphatic heterocycles. The highest BCUT2D eigenvalue weighted by atomic mass is 32.2. The second kappa shape index (κ2) is 7.63. The van der Waals surface area contributed by atoms with Crippen molar-refractivity contribution in [3.05, 3.63) is 53.4 Å². The van der Waals surface area contributed by atoms with E-state index in [9.17, 15) is 4.79 Å². The van der Waals surface area contributed by atoms with Crippen LogP contribution in [0.25, 0.3) is 10.7 Å². The first-order valence-corrected chi connectivity index (χ1v) is 9.20.